The van der Waals surface area contributed by atoms with Crippen LogP contribution in [0.25, 0.3) is 0 Å². The Morgan fingerprint density at radius 2 is 2.38 bits per heavy atom. The lowest BCUT2D eigenvalue weighted by Crippen LogP contribution is -2.27. The molecule has 0 aliphatic rings. The zero-order valence-corrected chi connectivity index (χ0v) is 11.8. The highest BCUT2D eigenvalue weighted by Gasteiger charge is 2.12. The predicted molar refractivity (Wildman–Crippen MR) is 79.5 cm³/mol. The van der Waals surface area contributed by atoms with Crippen molar-refractivity contribution in [1.29, 1.82) is 0 Å². The Morgan fingerprint density at radius 1 is 1.52 bits per heavy atom. The Hall–Kier alpha value is -2.58. The molecule has 0 fully saturated rings. The summed E-state index contributed by atoms with van der Waals surface area (Å²) in [5.41, 5.74) is 1.30. The van der Waals surface area contributed by atoms with Crippen molar-refractivity contribution in [3.8, 4) is 11.8 Å². The lowest BCUT2D eigenvalue weighted by Gasteiger charge is -2.11. The van der Waals surface area contributed by atoms with Gasteiger partial charge in [0.2, 0.25) is 0 Å². The SMILES string of the molecule is CC(NC(=O)c1cccc(C#CCCO)c1)c1ncc[nH]1. The maximum atomic E-state index is 12.2. The number of amides is 1. The van der Waals surface area contributed by atoms with E-state index in [2.05, 4.69) is 27.1 Å². The molecule has 1 aromatic heterocycles. The lowest BCUT2D eigenvalue weighted by atomic mass is 10.1. The quantitative estimate of drug-likeness (QED) is 0.746. The van der Waals surface area contributed by atoms with Crippen molar-refractivity contribution in [1.82, 2.24) is 15.3 Å². The van der Waals surface area contributed by atoms with Crippen LogP contribution in [0.4, 0.5) is 0 Å². The number of benzene rings is 1. The monoisotopic (exact) mass is 283 g/mol. The minimum atomic E-state index is -0.198. The summed E-state index contributed by atoms with van der Waals surface area (Å²) in [7, 11) is 0. The molecule has 0 radical (unpaired) electrons. The Morgan fingerprint density at radius 3 is 3.10 bits per heavy atom. The molecule has 0 bridgehead atoms. The summed E-state index contributed by atoms with van der Waals surface area (Å²) in [6, 6.07) is 6.89. The van der Waals surface area contributed by atoms with E-state index in [9.17, 15) is 4.79 Å². The zero-order valence-electron chi connectivity index (χ0n) is 11.8. The zero-order chi connectivity index (χ0) is 15.1. The van der Waals surface area contributed by atoms with Crippen molar-refractivity contribution >= 4 is 5.91 Å². The fraction of sp³-hybridized carbons (Fsp3) is 0.250. The van der Waals surface area contributed by atoms with Gasteiger partial charge < -0.3 is 15.4 Å². The van der Waals surface area contributed by atoms with Gasteiger partial charge in [0.25, 0.3) is 5.91 Å². The second-order valence-electron chi connectivity index (χ2n) is 4.53. The molecule has 3 N–H and O–H groups in total. The summed E-state index contributed by atoms with van der Waals surface area (Å²) in [6.45, 7) is 1.90. The summed E-state index contributed by atoms with van der Waals surface area (Å²) < 4.78 is 0. The third kappa shape index (κ3) is 4.20. The largest absolute Gasteiger partial charge is 0.395 e. The number of aliphatic hydroxyl groups is 1. The van der Waals surface area contributed by atoms with E-state index in [1.54, 1.807) is 30.6 Å². The van der Waals surface area contributed by atoms with Gasteiger partial charge in [-0.3, -0.25) is 4.79 Å². The highest BCUT2D eigenvalue weighted by molar-refractivity contribution is 5.94. The van der Waals surface area contributed by atoms with E-state index in [4.69, 9.17) is 5.11 Å². The Labute approximate surface area is 123 Å². The van der Waals surface area contributed by atoms with E-state index in [1.807, 2.05) is 13.0 Å². The molecule has 2 aromatic rings. The van der Waals surface area contributed by atoms with Gasteiger partial charge in [-0.25, -0.2) is 4.98 Å². The average Bonchev–Trinajstić information content (AvgIpc) is 3.02. The van der Waals surface area contributed by atoms with Gasteiger partial charge in [0.15, 0.2) is 0 Å². The average molecular weight is 283 g/mol. The fourth-order valence-corrected chi connectivity index (χ4v) is 1.82. The summed E-state index contributed by atoms with van der Waals surface area (Å²) in [6.07, 6.45) is 3.79. The van der Waals surface area contributed by atoms with Crippen LogP contribution in [0, 0.1) is 11.8 Å². The number of hydrogen-bond donors (Lipinski definition) is 3. The molecule has 1 atom stereocenters. The van der Waals surface area contributed by atoms with Crippen LogP contribution in [0.3, 0.4) is 0 Å². The Bertz CT molecular complexity index is 654. The minimum Gasteiger partial charge on any atom is -0.395 e. The highest BCUT2D eigenvalue weighted by Crippen LogP contribution is 2.09. The minimum absolute atomic E-state index is 0.0356. The van der Waals surface area contributed by atoms with E-state index >= 15 is 0 Å². The smallest absolute Gasteiger partial charge is 0.251 e. The van der Waals surface area contributed by atoms with Crippen molar-refractivity contribution in [3.63, 3.8) is 0 Å². The first-order chi connectivity index (χ1) is 10.2. The number of aromatic amines is 1. The first-order valence-corrected chi connectivity index (χ1v) is 6.70. The number of nitrogens with one attached hydrogen (secondary N) is 2. The molecule has 0 saturated carbocycles. The van der Waals surface area contributed by atoms with Crippen molar-refractivity contribution in [2.75, 3.05) is 6.61 Å². The summed E-state index contributed by atoms with van der Waals surface area (Å²) >= 11 is 0. The number of carbonyl (C=O) groups is 1. The van der Waals surface area contributed by atoms with Gasteiger partial charge >= 0.3 is 0 Å². The van der Waals surface area contributed by atoms with Crippen LogP contribution in [-0.2, 0) is 0 Å². The molecule has 5 heteroatoms. The molecule has 1 heterocycles. The Kier molecular flexibility index (Phi) is 5.13. The van der Waals surface area contributed by atoms with Gasteiger partial charge in [-0.2, -0.15) is 0 Å². The molecule has 2 rings (SSSR count). The van der Waals surface area contributed by atoms with Gasteiger partial charge in [0.1, 0.15) is 5.82 Å². The molecule has 1 unspecified atom stereocenters. The van der Waals surface area contributed by atoms with Crippen molar-refractivity contribution < 1.29 is 9.90 Å². The van der Waals surface area contributed by atoms with Crippen molar-refractivity contribution in [2.45, 2.75) is 19.4 Å². The lowest BCUT2D eigenvalue weighted by molar-refractivity contribution is 0.0938. The maximum Gasteiger partial charge on any atom is 0.251 e. The van der Waals surface area contributed by atoms with Crippen LogP contribution < -0.4 is 5.32 Å². The number of H-pyrrole nitrogens is 1. The molecule has 0 aliphatic carbocycles. The molecule has 1 aromatic carbocycles. The Balaban J connectivity index is 2.06. The van der Waals surface area contributed by atoms with Crippen LogP contribution in [-0.4, -0.2) is 27.6 Å². The van der Waals surface area contributed by atoms with E-state index in [1.165, 1.54) is 0 Å². The van der Waals surface area contributed by atoms with Crippen LogP contribution >= 0.6 is 0 Å². The number of aliphatic hydroxyl groups excluding tert-OH is 1. The second kappa shape index (κ2) is 7.27. The first kappa shape index (κ1) is 14.8. The van der Waals surface area contributed by atoms with Crippen molar-refractivity contribution in [3.05, 3.63) is 53.6 Å². The topological polar surface area (TPSA) is 78.0 Å². The van der Waals surface area contributed by atoms with Gasteiger partial charge in [0, 0.05) is 29.9 Å². The van der Waals surface area contributed by atoms with Crippen LogP contribution in [0.2, 0.25) is 0 Å². The molecule has 5 nitrogen and oxygen atoms in total. The van der Waals surface area contributed by atoms with Gasteiger partial charge in [-0.1, -0.05) is 17.9 Å². The van der Waals surface area contributed by atoms with Crippen LogP contribution in [0.1, 0.15) is 41.1 Å². The van der Waals surface area contributed by atoms with Crippen molar-refractivity contribution in [2.24, 2.45) is 0 Å². The molecule has 0 spiro atoms. The normalized spacial score (nSPS) is 11.3. The molecule has 1 amide bonds. The molecule has 108 valence electrons. The standard InChI is InChI=1S/C16H17N3O2/c1-12(15-17-8-9-18-15)19-16(21)14-7-4-6-13(11-14)5-2-3-10-20/h4,6-9,11-12,20H,3,10H2,1H3,(H,17,18)(H,19,21). The van der Waals surface area contributed by atoms with E-state index in [-0.39, 0.29) is 18.6 Å². The van der Waals surface area contributed by atoms with Gasteiger partial charge in [-0.15, -0.1) is 0 Å². The van der Waals surface area contributed by atoms with Gasteiger partial charge in [0.05, 0.1) is 12.6 Å². The third-order valence-corrected chi connectivity index (χ3v) is 2.87. The molecular weight excluding hydrogens is 266 g/mol. The third-order valence-electron chi connectivity index (χ3n) is 2.87. The molecular formula is C16H17N3O2. The first-order valence-electron chi connectivity index (χ1n) is 6.70. The predicted octanol–water partition coefficient (Wildman–Crippen LogP) is 1.63. The number of imidazole rings is 1. The number of hydrogen-bond acceptors (Lipinski definition) is 3. The summed E-state index contributed by atoms with van der Waals surface area (Å²) in [5, 5.41) is 11.6. The van der Waals surface area contributed by atoms with Gasteiger partial charge in [-0.05, 0) is 25.1 Å². The second-order valence-corrected chi connectivity index (χ2v) is 4.53. The molecule has 0 aliphatic heterocycles. The van der Waals surface area contributed by atoms with Crippen LogP contribution in [0.15, 0.2) is 36.7 Å². The number of aromatic nitrogens is 2. The van der Waals surface area contributed by atoms with E-state index < -0.39 is 0 Å². The van der Waals surface area contributed by atoms with Crippen LogP contribution in [0.5, 0.6) is 0 Å². The molecule has 21 heavy (non-hydrogen) atoms. The number of nitrogens with zero attached hydrogens (tertiary/aromatic N) is 1. The summed E-state index contributed by atoms with van der Waals surface area (Å²) in [5.74, 6) is 6.28. The number of carbonyl (C=O) groups excluding carboxylic acids is 1. The van der Waals surface area contributed by atoms with E-state index in [0.29, 0.717) is 17.8 Å². The maximum absolute atomic E-state index is 12.2. The fourth-order valence-electron chi connectivity index (χ4n) is 1.82. The summed E-state index contributed by atoms with van der Waals surface area (Å²) in [4.78, 5) is 19.3. The number of rotatable bonds is 4. The van der Waals surface area contributed by atoms with E-state index in [0.717, 1.165) is 5.56 Å². The highest BCUT2D eigenvalue weighted by atomic mass is 16.2. The molecule has 0 saturated heterocycles.